The van der Waals surface area contributed by atoms with E-state index in [1.54, 1.807) is 0 Å². The Bertz CT molecular complexity index is 519. The van der Waals surface area contributed by atoms with Crippen molar-refractivity contribution in [2.24, 2.45) is 5.92 Å². The molecule has 1 aromatic rings. The minimum Gasteiger partial charge on any atom is -0.394 e. The topological polar surface area (TPSA) is 52.6 Å². The third-order valence-corrected chi connectivity index (χ3v) is 3.77. The van der Waals surface area contributed by atoms with Gasteiger partial charge in [-0.2, -0.15) is 13.2 Å². The second kappa shape index (κ2) is 5.93. The van der Waals surface area contributed by atoms with E-state index in [1.165, 1.54) is 17.0 Å². The van der Waals surface area contributed by atoms with Crippen molar-refractivity contribution in [3.05, 3.63) is 29.8 Å². The largest absolute Gasteiger partial charge is 0.416 e. The van der Waals surface area contributed by atoms with Gasteiger partial charge in [-0.15, -0.1) is 0 Å². The number of halogens is 3. The van der Waals surface area contributed by atoms with Crippen LogP contribution < -0.4 is 5.32 Å². The number of benzene rings is 1. The van der Waals surface area contributed by atoms with Crippen LogP contribution in [0.5, 0.6) is 0 Å². The molecule has 2 amide bonds. The number of nitrogens with zero attached hydrogens (tertiary/aromatic N) is 1. The third kappa shape index (κ3) is 3.47. The predicted octanol–water partition coefficient (Wildman–Crippen LogP) is 2.94. The van der Waals surface area contributed by atoms with Crippen LogP contribution in [0.3, 0.4) is 0 Å². The number of nitrogens with one attached hydrogen (secondary N) is 1. The normalized spacial score (nSPS) is 22.4. The van der Waals surface area contributed by atoms with Gasteiger partial charge in [-0.3, -0.25) is 0 Å². The predicted molar refractivity (Wildman–Crippen MR) is 71.8 cm³/mol. The number of likely N-dealkylation sites (tertiary alicyclic amines) is 1. The van der Waals surface area contributed by atoms with Gasteiger partial charge in [-0.05, 0) is 30.5 Å². The number of anilines is 1. The highest BCUT2D eigenvalue weighted by molar-refractivity contribution is 5.89. The molecule has 0 bridgehead atoms. The van der Waals surface area contributed by atoms with E-state index in [1.807, 2.05) is 6.92 Å². The average Bonchev–Trinajstić information content (AvgIpc) is 2.79. The molecule has 2 N–H and O–H groups in total. The zero-order valence-corrected chi connectivity index (χ0v) is 11.5. The van der Waals surface area contributed by atoms with Crippen LogP contribution in [0.4, 0.5) is 23.7 Å². The summed E-state index contributed by atoms with van der Waals surface area (Å²) in [6.07, 6.45) is -3.68. The maximum absolute atomic E-state index is 12.6. The van der Waals surface area contributed by atoms with Crippen molar-refractivity contribution in [2.45, 2.75) is 25.6 Å². The molecular formula is C14H17F3N2O2. The van der Waals surface area contributed by atoms with Crippen LogP contribution in [0.15, 0.2) is 24.3 Å². The number of hydrogen-bond acceptors (Lipinski definition) is 2. The molecule has 1 aliphatic heterocycles. The summed E-state index contributed by atoms with van der Waals surface area (Å²) in [5, 5.41) is 11.8. The van der Waals surface area contributed by atoms with Crippen molar-refractivity contribution >= 4 is 11.7 Å². The summed E-state index contributed by atoms with van der Waals surface area (Å²) < 4.78 is 37.9. The van der Waals surface area contributed by atoms with Gasteiger partial charge in [-0.25, -0.2) is 4.79 Å². The monoisotopic (exact) mass is 302 g/mol. The molecule has 0 aromatic heterocycles. The molecule has 2 atom stereocenters. The van der Waals surface area contributed by atoms with Crippen LogP contribution >= 0.6 is 0 Å². The number of urea groups is 1. The number of alkyl halides is 3. The zero-order valence-electron chi connectivity index (χ0n) is 11.5. The molecule has 0 radical (unpaired) electrons. The first kappa shape index (κ1) is 15.6. The Morgan fingerprint density at radius 1 is 1.48 bits per heavy atom. The first-order valence-corrected chi connectivity index (χ1v) is 6.68. The van der Waals surface area contributed by atoms with Crippen molar-refractivity contribution in [2.75, 3.05) is 18.5 Å². The lowest BCUT2D eigenvalue weighted by molar-refractivity contribution is -0.137. The SMILES string of the molecule is CC1CCN(C(=O)Nc2cccc(C(F)(F)F)c2)C1CO. The lowest BCUT2D eigenvalue weighted by atomic mass is 10.0. The second-order valence-electron chi connectivity index (χ2n) is 5.22. The van der Waals surface area contributed by atoms with Gasteiger partial charge in [0.25, 0.3) is 0 Å². The van der Waals surface area contributed by atoms with Crippen LogP contribution in [0.25, 0.3) is 0 Å². The molecule has 2 unspecified atom stereocenters. The zero-order chi connectivity index (χ0) is 15.6. The van der Waals surface area contributed by atoms with Crippen LogP contribution in [0.2, 0.25) is 0 Å². The van der Waals surface area contributed by atoms with Gasteiger partial charge in [0.1, 0.15) is 0 Å². The smallest absolute Gasteiger partial charge is 0.394 e. The standard InChI is InChI=1S/C14H17F3N2O2/c1-9-5-6-19(12(9)8-20)13(21)18-11-4-2-3-10(7-11)14(15,16)17/h2-4,7,9,12,20H,5-6,8H2,1H3,(H,18,21). The second-order valence-corrected chi connectivity index (χ2v) is 5.22. The average molecular weight is 302 g/mol. The summed E-state index contributed by atoms with van der Waals surface area (Å²) in [7, 11) is 0. The Labute approximate surface area is 120 Å². The first-order chi connectivity index (χ1) is 9.82. The number of carbonyl (C=O) groups is 1. The number of carbonyl (C=O) groups excluding carboxylic acids is 1. The van der Waals surface area contributed by atoms with E-state index in [0.717, 1.165) is 18.6 Å². The lowest BCUT2D eigenvalue weighted by Gasteiger charge is -2.25. The van der Waals surface area contributed by atoms with E-state index in [9.17, 15) is 23.1 Å². The number of hydrogen-bond donors (Lipinski definition) is 2. The molecule has 0 saturated carbocycles. The summed E-state index contributed by atoms with van der Waals surface area (Å²) in [5.74, 6) is 0.169. The van der Waals surface area contributed by atoms with Gasteiger partial charge >= 0.3 is 12.2 Å². The molecule has 0 spiro atoms. The number of aliphatic hydroxyl groups is 1. The maximum Gasteiger partial charge on any atom is 0.416 e. The lowest BCUT2D eigenvalue weighted by Crippen LogP contribution is -2.42. The van der Waals surface area contributed by atoms with E-state index in [0.29, 0.717) is 6.54 Å². The minimum absolute atomic E-state index is 0.0890. The van der Waals surface area contributed by atoms with Gasteiger partial charge in [0, 0.05) is 12.2 Å². The summed E-state index contributed by atoms with van der Waals surface area (Å²) in [4.78, 5) is 13.6. The van der Waals surface area contributed by atoms with Crippen molar-refractivity contribution in [1.29, 1.82) is 0 Å². The molecule has 1 saturated heterocycles. The molecule has 116 valence electrons. The number of amides is 2. The number of aliphatic hydroxyl groups excluding tert-OH is 1. The van der Waals surface area contributed by atoms with Crippen molar-refractivity contribution in [3.63, 3.8) is 0 Å². The fourth-order valence-electron chi connectivity index (χ4n) is 2.51. The van der Waals surface area contributed by atoms with E-state index >= 15 is 0 Å². The van der Waals surface area contributed by atoms with Gasteiger partial charge in [-0.1, -0.05) is 13.0 Å². The van der Waals surface area contributed by atoms with Gasteiger partial charge in [0.15, 0.2) is 0 Å². The van der Waals surface area contributed by atoms with Crippen molar-refractivity contribution in [1.82, 2.24) is 4.90 Å². The Morgan fingerprint density at radius 3 is 2.81 bits per heavy atom. The third-order valence-electron chi connectivity index (χ3n) is 3.77. The Morgan fingerprint density at radius 2 is 2.19 bits per heavy atom. The van der Waals surface area contributed by atoms with Gasteiger partial charge in [0.2, 0.25) is 0 Å². The first-order valence-electron chi connectivity index (χ1n) is 6.68. The Hall–Kier alpha value is -1.76. The Kier molecular flexibility index (Phi) is 4.41. The molecule has 4 nitrogen and oxygen atoms in total. The molecule has 2 rings (SSSR count). The molecule has 21 heavy (non-hydrogen) atoms. The fraction of sp³-hybridized carbons (Fsp3) is 0.500. The summed E-state index contributed by atoms with van der Waals surface area (Å²) >= 11 is 0. The highest BCUT2D eigenvalue weighted by Crippen LogP contribution is 2.31. The molecule has 1 aliphatic rings. The highest BCUT2D eigenvalue weighted by atomic mass is 19.4. The quantitative estimate of drug-likeness (QED) is 0.882. The van der Waals surface area contributed by atoms with Crippen molar-refractivity contribution in [3.8, 4) is 0 Å². The minimum atomic E-state index is -4.45. The summed E-state index contributed by atoms with van der Waals surface area (Å²) in [6.45, 7) is 2.26. The summed E-state index contributed by atoms with van der Waals surface area (Å²) in [5.41, 5.74) is -0.722. The molecule has 0 aliphatic carbocycles. The van der Waals surface area contributed by atoms with Gasteiger partial charge < -0.3 is 15.3 Å². The van der Waals surface area contributed by atoms with E-state index in [4.69, 9.17) is 0 Å². The van der Waals surface area contributed by atoms with E-state index in [2.05, 4.69) is 5.32 Å². The van der Waals surface area contributed by atoms with E-state index in [-0.39, 0.29) is 24.3 Å². The highest BCUT2D eigenvalue weighted by Gasteiger charge is 2.34. The molecule has 1 aromatic carbocycles. The molecular weight excluding hydrogens is 285 g/mol. The van der Waals surface area contributed by atoms with Crippen LogP contribution in [0, 0.1) is 5.92 Å². The van der Waals surface area contributed by atoms with Crippen LogP contribution in [0.1, 0.15) is 18.9 Å². The van der Waals surface area contributed by atoms with Crippen LogP contribution in [-0.4, -0.2) is 35.2 Å². The molecule has 1 fully saturated rings. The van der Waals surface area contributed by atoms with E-state index < -0.39 is 17.8 Å². The van der Waals surface area contributed by atoms with Crippen molar-refractivity contribution < 1.29 is 23.1 Å². The molecule has 1 heterocycles. The number of rotatable bonds is 2. The Balaban J connectivity index is 2.10. The van der Waals surface area contributed by atoms with Gasteiger partial charge in [0.05, 0.1) is 18.2 Å². The van der Waals surface area contributed by atoms with Crippen LogP contribution in [-0.2, 0) is 6.18 Å². The molecule has 7 heteroatoms. The summed E-state index contributed by atoms with van der Waals surface area (Å²) in [6, 6.07) is 3.71. The fourth-order valence-corrected chi connectivity index (χ4v) is 2.51. The maximum atomic E-state index is 12.6.